The van der Waals surface area contributed by atoms with E-state index < -0.39 is 64.3 Å². The van der Waals surface area contributed by atoms with Crippen molar-refractivity contribution < 1.29 is 54.9 Å². The minimum atomic E-state index is -5.36. The molecule has 0 aromatic heterocycles. The summed E-state index contributed by atoms with van der Waals surface area (Å²) in [5.41, 5.74) is -7.30. The number of carbonyl (C=O) groups is 3. The maximum absolute atomic E-state index is 13.1. The van der Waals surface area contributed by atoms with E-state index in [-0.39, 0.29) is 31.6 Å². The molecule has 0 radical (unpaired) electrons. The molecule has 12 heteroatoms. The van der Waals surface area contributed by atoms with Crippen LogP contribution < -0.4 is 0 Å². The molecule has 3 fully saturated rings. The first-order valence-corrected chi connectivity index (χ1v) is 11.0. The lowest BCUT2D eigenvalue weighted by Gasteiger charge is -2.60. The molecule has 5 atom stereocenters. The Morgan fingerprint density at radius 2 is 1.32 bits per heavy atom. The van der Waals surface area contributed by atoms with Gasteiger partial charge < -0.3 is 14.2 Å². The Hall–Kier alpha value is -2.01. The molecule has 34 heavy (non-hydrogen) atoms. The Balaban J connectivity index is 2.04. The second-order valence-electron chi connectivity index (χ2n) is 11.1. The summed E-state index contributed by atoms with van der Waals surface area (Å²) in [6.45, 7) is 7.72. The van der Waals surface area contributed by atoms with Crippen LogP contribution in [0.15, 0.2) is 0 Å². The van der Waals surface area contributed by atoms with Crippen LogP contribution in [0.5, 0.6) is 0 Å². The van der Waals surface area contributed by atoms with Gasteiger partial charge in [0.15, 0.2) is 0 Å². The Morgan fingerprint density at radius 3 is 1.82 bits per heavy atom. The molecule has 6 nitrogen and oxygen atoms in total. The summed E-state index contributed by atoms with van der Waals surface area (Å²) in [5, 5.41) is 0. The second kappa shape index (κ2) is 7.49. The summed E-state index contributed by atoms with van der Waals surface area (Å²) in [7, 11) is 0. The first kappa shape index (κ1) is 26.6. The highest BCUT2D eigenvalue weighted by Crippen LogP contribution is 2.73. The van der Waals surface area contributed by atoms with Crippen molar-refractivity contribution >= 4 is 17.9 Å². The molecule has 0 saturated heterocycles. The predicted octanol–water partition coefficient (Wildman–Crippen LogP) is 5.03. The first-order chi connectivity index (χ1) is 15.1. The zero-order valence-corrected chi connectivity index (χ0v) is 19.5. The Labute approximate surface area is 192 Å². The standard InChI is InChI=1S/C22H28F6O6/c1-6-16(2,3)13(29)33-19-7-12-8-20(18(12,5)11-19,34-15(31)22(26,27)28)10-17(4,9-19)32-14(30)21(23,24)25/h12H,6-11H2,1-5H3. The average Bonchev–Trinajstić information content (AvgIpc) is 2.83. The third-order valence-corrected chi connectivity index (χ3v) is 8.02. The summed E-state index contributed by atoms with van der Waals surface area (Å²) in [6, 6.07) is 0. The fourth-order valence-electron chi connectivity index (χ4n) is 6.02. The summed E-state index contributed by atoms with van der Waals surface area (Å²) in [4.78, 5) is 36.4. The van der Waals surface area contributed by atoms with E-state index in [4.69, 9.17) is 14.2 Å². The molecule has 194 valence electrons. The Kier molecular flexibility index (Phi) is 5.86. The van der Waals surface area contributed by atoms with Crippen LogP contribution in [0.4, 0.5) is 26.3 Å². The van der Waals surface area contributed by atoms with Crippen molar-refractivity contribution in [1.82, 2.24) is 0 Å². The number of esters is 3. The normalized spacial score (nSPS) is 37.3. The van der Waals surface area contributed by atoms with Crippen molar-refractivity contribution in [1.29, 1.82) is 0 Å². The first-order valence-electron chi connectivity index (χ1n) is 11.0. The molecule has 0 aliphatic heterocycles. The monoisotopic (exact) mass is 502 g/mol. The molecule has 5 unspecified atom stereocenters. The second-order valence-corrected chi connectivity index (χ2v) is 11.1. The molecule has 0 aromatic rings. The van der Waals surface area contributed by atoms with Gasteiger partial charge in [0.25, 0.3) is 0 Å². The number of ether oxygens (including phenoxy) is 3. The van der Waals surface area contributed by atoms with Crippen LogP contribution in [0.2, 0.25) is 0 Å². The third-order valence-electron chi connectivity index (χ3n) is 8.02. The lowest BCUT2D eigenvalue weighted by atomic mass is 9.50. The van der Waals surface area contributed by atoms with Gasteiger partial charge in [0.2, 0.25) is 0 Å². The van der Waals surface area contributed by atoms with Gasteiger partial charge in [0.1, 0.15) is 16.8 Å². The van der Waals surface area contributed by atoms with Crippen LogP contribution in [0.3, 0.4) is 0 Å². The Morgan fingerprint density at radius 1 is 0.794 bits per heavy atom. The number of alkyl halides is 6. The lowest BCUT2D eigenvalue weighted by molar-refractivity contribution is -0.270. The van der Waals surface area contributed by atoms with Gasteiger partial charge in [-0.15, -0.1) is 0 Å². The summed E-state index contributed by atoms with van der Waals surface area (Å²) >= 11 is 0. The molecule has 3 rings (SSSR count). The number of hydrogen-bond acceptors (Lipinski definition) is 6. The summed E-state index contributed by atoms with van der Waals surface area (Å²) in [6.07, 6.45) is -11.2. The van der Waals surface area contributed by atoms with E-state index in [0.29, 0.717) is 6.42 Å². The number of halogens is 6. The number of hydrogen-bond donors (Lipinski definition) is 0. The molecule has 0 amide bonds. The molecule has 0 heterocycles. The van der Waals surface area contributed by atoms with Crippen LogP contribution in [0.1, 0.15) is 73.1 Å². The smallest absolute Gasteiger partial charge is 0.458 e. The van der Waals surface area contributed by atoms with Crippen molar-refractivity contribution in [3.63, 3.8) is 0 Å². The predicted molar refractivity (Wildman–Crippen MR) is 103 cm³/mol. The van der Waals surface area contributed by atoms with Crippen LogP contribution >= 0.6 is 0 Å². The van der Waals surface area contributed by atoms with Gasteiger partial charge in [-0.25, -0.2) is 9.59 Å². The summed E-state index contributed by atoms with van der Waals surface area (Å²) < 4.78 is 93.9. The van der Waals surface area contributed by atoms with Gasteiger partial charge in [0, 0.05) is 18.3 Å². The van der Waals surface area contributed by atoms with Crippen molar-refractivity contribution in [2.75, 3.05) is 0 Å². The topological polar surface area (TPSA) is 78.9 Å². The highest BCUT2D eigenvalue weighted by atomic mass is 19.4. The maximum Gasteiger partial charge on any atom is 0.490 e. The van der Waals surface area contributed by atoms with Crippen LogP contribution in [-0.4, -0.2) is 47.1 Å². The molecular weight excluding hydrogens is 474 g/mol. The molecule has 0 N–H and O–H groups in total. The van der Waals surface area contributed by atoms with Gasteiger partial charge in [0.05, 0.1) is 5.41 Å². The fraction of sp³-hybridized carbons (Fsp3) is 0.864. The average molecular weight is 502 g/mol. The number of carbonyl (C=O) groups excluding carboxylic acids is 3. The molecular formula is C22H28F6O6. The van der Waals surface area contributed by atoms with Crippen molar-refractivity contribution in [2.45, 2.75) is 102 Å². The molecule has 3 saturated carbocycles. The highest BCUT2D eigenvalue weighted by Gasteiger charge is 2.77. The van der Waals surface area contributed by atoms with E-state index >= 15 is 0 Å². The SMILES string of the molecule is CCC(C)(C)C(=O)OC12CC3CC(OC(=O)C(F)(F)F)(CC(C)(OC(=O)C(F)(F)F)C1)C3(C)C2. The quantitative estimate of drug-likeness (QED) is 0.298. The van der Waals surface area contributed by atoms with E-state index in [0.717, 1.165) is 6.92 Å². The van der Waals surface area contributed by atoms with E-state index in [9.17, 15) is 40.7 Å². The van der Waals surface area contributed by atoms with Crippen LogP contribution in [0, 0.1) is 16.7 Å². The highest BCUT2D eigenvalue weighted by molar-refractivity contribution is 5.78. The van der Waals surface area contributed by atoms with Crippen molar-refractivity contribution in [3.8, 4) is 0 Å². The molecule has 0 aromatic carbocycles. The van der Waals surface area contributed by atoms with Gasteiger partial charge >= 0.3 is 30.3 Å². The molecule has 2 bridgehead atoms. The minimum absolute atomic E-state index is 0.0412. The number of rotatable bonds is 5. The van der Waals surface area contributed by atoms with E-state index in [2.05, 4.69) is 0 Å². The Bertz CT molecular complexity index is 897. The van der Waals surface area contributed by atoms with E-state index in [1.54, 1.807) is 27.7 Å². The summed E-state index contributed by atoms with van der Waals surface area (Å²) in [5.74, 6) is -5.92. The lowest BCUT2D eigenvalue weighted by Crippen LogP contribution is -2.65. The van der Waals surface area contributed by atoms with Gasteiger partial charge in [-0.2, -0.15) is 26.3 Å². The number of fused-ring (bicyclic) bond motifs is 1. The zero-order valence-electron chi connectivity index (χ0n) is 19.5. The fourth-order valence-corrected chi connectivity index (χ4v) is 6.02. The van der Waals surface area contributed by atoms with Gasteiger partial charge in [-0.1, -0.05) is 13.8 Å². The largest absolute Gasteiger partial charge is 0.490 e. The van der Waals surface area contributed by atoms with E-state index in [1.807, 2.05) is 0 Å². The van der Waals surface area contributed by atoms with Gasteiger partial charge in [-0.3, -0.25) is 4.79 Å². The molecule has 0 spiro atoms. The zero-order chi connectivity index (χ0) is 26.2. The molecule has 3 aliphatic carbocycles. The van der Waals surface area contributed by atoms with Crippen molar-refractivity contribution in [2.24, 2.45) is 16.7 Å². The maximum atomic E-state index is 13.1. The van der Waals surface area contributed by atoms with Crippen molar-refractivity contribution in [3.05, 3.63) is 0 Å². The van der Waals surface area contributed by atoms with Crippen LogP contribution in [-0.2, 0) is 28.6 Å². The minimum Gasteiger partial charge on any atom is -0.458 e. The van der Waals surface area contributed by atoms with Crippen LogP contribution in [0.25, 0.3) is 0 Å². The third kappa shape index (κ3) is 4.25. The van der Waals surface area contributed by atoms with Gasteiger partial charge in [-0.05, 0) is 52.4 Å². The molecule has 3 aliphatic rings. The van der Waals surface area contributed by atoms with E-state index in [1.165, 1.54) is 0 Å².